The number of hydrogen-bond acceptors (Lipinski definition) is 4. The topological polar surface area (TPSA) is 72.3 Å². The summed E-state index contributed by atoms with van der Waals surface area (Å²) in [5, 5.41) is 17.2. The third-order valence-corrected chi connectivity index (χ3v) is 7.73. The maximum absolute atomic E-state index is 10.8. The van der Waals surface area contributed by atoms with E-state index in [-0.39, 0.29) is 12.0 Å². The van der Waals surface area contributed by atoms with E-state index in [9.17, 15) is 4.79 Å². The molecular formula is C25H28N2O3. The Bertz CT molecular complexity index is 1030. The van der Waals surface area contributed by atoms with Gasteiger partial charge >= 0.3 is 5.97 Å². The van der Waals surface area contributed by atoms with Gasteiger partial charge in [-0.25, -0.2) is 4.79 Å². The molecule has 1 N–H and O–H groups in total. The van der Waals surface area contributed by atoms with E-state index in [0.717, 1.165) is 18.5 Å². The van der Waals surface area contributed by atoms with Crippen LogP contribution in [0.2, 0.25) is 0 Å². The molecule has 1 saturated carbocycles. The van der Waals surface area contributed by atoms with Crippen LogP contribution in [0.3, 0.4) is 0 Å². The minimum absolute atomic E-state index is 0.207. The lowest BCUT2D eigenvalue weighted by Crippen LogP contribution is -2.40. The maximum Gasteiger partial charge on any atom is 0.341 e. The van der Waals surface area contributed by atoms with E-state index in [4.69, 9.17) is 9.84 Å². The molecule has 5 heteroatoms. The number of hydrogen-bond donors (Lipinski definition) is 1. The van der Waals surface area contributed by atoms with E-state index in [1.54, 1.807) is 0 Å². The predicted octanol–water partition coefficient (Wildman–Crippen LogP) is 4.80. The van der Waals surface area contributed by atoms with Crippen LogP contribution in [0.15, 0.2) is 36.5 Å². The van der Waals surface area contributed by atoms with Crippen molar-refractivity contribution in [1.82, 2.24) is 10.2 Å². The Balaban J connectivity index is 1.40. The Morgan fingerprint density at radius 3 is 2.97 bits per heavy atom. The number of rotatable bonds is 4. The minimum Gasteiger partial charge on any atom is -0.482 e. The van der Waals surface area contributed by atoms with Gasteiger partial charge in [-0.05, 0) is 103 Å². The van der Waals surface area contributed by atoms with Crippen molar-refractivity contribution in [3.05, 3.63) is 58.9 Å². The molecule has 5 nitrogen and oxygen atoms in total. The molecule has 1 fully saturated rings. The zero-order valence-electron chi connectivity index (χ0n) is 17.6. The molecule has 0 aliphatic heterocycles. The van der Waals surface area contributed by atoms with E-state index >= 15 is 0 Å². The maximum atomic E-state index is 10.8. The van der Waals surface area contributed by atoms with Crippen LogP contribution in [-0.2, 0) is 11.2 Å². The van der Waals surface area contributed by atoms with Gasteiger partial charge in [0.15, 0.2) is 6.61 Å². The highest BCUT2D eigenvalue weighted by molar-refractivity contribution is 5.72. The van der Waals surface area contributed by atoms with Crippen LogP contribution in [0.5, 0.6) is 5.75 Å². The van der Waals surface area contributed by atoms with Crippen LogP contribution >= 0.6 is 0 Å². The first-order valence-corrected chi connectivity index (χ1v) is 10.9. The average molecular weight is 405 g/mol. The summed E-state index contributed by atoms with van der Waals surface area (Å²) in [7, 11) is 0. The monoisotopic (exact) mass is 404 g/mol. The summed E-state index contributed by atoms with van der Waals surface area (Å²) in [6.45, 7) is 4.18. The van der Waals surface area contributed by atoms with Gasteiger partial charge < -0.3 is 9.84 Å². The Hall–Kier alpha value is -2.69. The second-order valence-electron chi connectivity index (χ2n) is 9.35. The lowest BCUT2D eigenvalue weighted by Gasteiger charge is -2.50. The lowest BCUT2D eigenvalue weighted by molar-refractivity contribution is -0.139. The van der Waals surface area contributed by atoms with Crippen LogP contribution < -0.4 is 4.74 Å². The van der Waals surface area contributed by atoms with Gasteiger partial charge in [0.2, 0.25) is 0 Å². The summed E-state index contributed by atoms with van der Waals surface area (Å²) in [4.78, 5) is 10.8. The summed E-state index contributed by atoms with van der Waals surface area (Å²) in [5.41, 5.74) is 6.67. The molecule has 30 heavy (non-hydrogen) atoms. The molecule has 0 spiro atoms. The summed E-state index contributed by atoms with van der Waals surface area (Å²) >= 11 is 0. The number of aromatic nitrogens is 2. The Labute approximate surface area is 177 Å². The van der Waals surface area contributed by atoms with Crippen molar-refractivity contribution in [3.8, 4) is 5.75 Å². The number of carboxylic acids is 1. The molecule has 3 aliphatic rings. The quantitative estimate of drug-likeness (QED) is 0.793. The van der Waals surface area contributed by atoms with Crippen molar-refractivity contribution in [2.75, 3.05) is 6.61 Å². The number of benzene rings is 1. The third kappa shape index (κ3) is 3.11. The zero-order chi connectivity index (χ0) is 20.9. The smallest absolute Gasteiger partial charge is 0.341 e. The van der Waals surface area contributed by atoms with Crippen LogP contribution in [-0.4, -0.2) is 27.9 Å². The number of allylic oxidation sites excluding steroid dienone is 2. The summed E-state index contributed by atoms with van der Waals surface area (Å²) in [6, 6.07) is 8.37. The van der Waals surface area contributed by atoms with Gasteiger partial charge in [-0.3, -0.25) is 0 Å². The normalized spacial score (nSPS) is 29.4. The van der Waals surface area contributed by atoms with E-state index < -0.39 is 5.97 Å². The molecular weight excluding hydrogens is 376 g/mol. The molecule has 4 atom stereocenters. The number of carboxylic acid groups (broad SMARTS) is 1. The van der Waals surface area contributed by atoms with Gasteiger partial charge in [0.25, 0.3) is 0 Å². The Kier molecular flexibility index (Phi) is 4.64. The van der Waals surface area contributed by atoms with Gasteiger partial charge in [-0.15, -0.1) is 0 Å². The fraction of sp³-hybridized carbons (Fsp3) is 0.480. The SMILES string of the molecule is Cc1cc(C2=CC[C@H]3[C@@H]4CCc5cc(OCC(=O)O)ccc5[C@H]4CC[C@]23C)cnn1. The first-order valence-electron chi connectivity index (χ1n) is 10.9. The van der Waals surface area contributed by atoms with Crippen molar-refractivity contribution >= 4 is 11.5 Å². The zero-order valence-corrected chi connectivity index (χ0v) is 17.6. The number of fused-ring (bicyclic) bond motifs is 5. The number of carbonyl (C=O) groups is 1. The van der Waals surface area contributed by atoms with Crippen molar-refractivity contribution in [2.24, 2.45) is 17.3 Å². The van der Waals surface area contributed by atoms with Crippen molar-refractivity contribution < 1.29 is 14.6 Å². The highest BCUT2D eigenvalue weighted by Gasteiger charge is 2.51. The van der Waals surface area contributed by atoms with E-state index in [1.807, 2.05) is 19.2 Å². The van der Waals surface area contributed by atoms with Crippen LogP contribution in [0, 0.1) is 24.2 Å². The van der Waals surface area contributed by atoms with E-state index in [1.165, 1.54) is 41.5 Å². The standard InChI is InChI=1S/C25H28N2O3/c1-15-11-17(13-26-27-15)22-7-8-23-21-5-3-16-12-18(30-14-24(28)29)4-6-19(16)20(21)9-10-25(22,23)2/h4,6-7,11-13,20-21,23H,3,5,8-10,14H2,1-2H3,(H,28,29)/t20-,21-,23+,25-/m1/s1. The van der Waals surface area contributed by atoms with Crippen LogP contribution in [0.1, 0.15) is 60.9 Å². The molecule has 2 aromatic rings. The highest BCUT2D eigenvalue weighted by atomic mass is 16.5. The molecule has 0 unspecified atom stereocenters. The Morgan fingerprint density at radius 2 is 2.17 bits per heavy atom. The second kappa shape index (κ2) is 7.22. The van der Waals surface area contributed by atoms with Gasteiger partial charge in [-0.1, -0.05) is 19.1 Å². The lowest BCUT2D eigenvalue weighted by atomic mass is 9.54. The van der Waals surface area contributed by atoms with Crippen molar-refractivity contribution in [3.63, 3.8) is 0 Å². The summed E-state index contributed by atoms with van der Waals surface area (Å²) in [6.07, 6.45) is 10.1. The Morgan fingerprint density at radius 1 is 1.30 bits per heavy atom. The van der Waals surface area contributed by atoms with E-state index in [0.29, 0.717) is 23.5 Å². The molecule has 156 valence electrons. The largest absolute Gasteiger partial charge is 0.482 e. The summed E-state index contributed by atoms with van der Waals surface area (Å²) < 4.78 is 5.41. The molecule has 1 aromatic carbocycles. The molecule has 0 amide bonds. The van der Waals surface area contributed by atoms with Gasteiger partial charge in [0.05, 0.1) is 11.9 Å². The number of aliphatic carboxylic acids is 1. The summed E-state index contributed by atoms with van der Waals surface area (Å²) in [5.74, 6) is 1.66. The fourth-order valence-corrected chi connectivity index (χ4v) is 6.43. The second-order valence-corrected chi connectivity index (χ2v) is 9.35. The minimum atomic E-state index is -0.941. The molecule has 0 radical (unpaired) electrons. The fourth-order valence-electron chi connectivity index (χ4n) is 6.43. The first kappa shape index (κ1) is 19.3. The number of ether oxygens (including phenoxy) is 1. The van der Waals surface area contributed by atoms with Crippen molar-refractivity contribution in [1.29, 1.82) is 0 Å². The molecule has 0 saturated heterocycles. The van der Waals surface area contributed by atoms with Crippen molar-refractivity contribution in [2.45, 2.75) is 51.9 Å². The molecule has 3 aliphatic carbocycles. The predicted molar refractivity (Wildman–Crippen MR) is 114 cm³/mol. The van der Waals surface area contributed by atoms with Gasteiger partial charge in [0, 0.05) is 0 Å². The third-order valence-electron chi connectivity index (χ3n) is 7.73. The molecule has 5 rings (SSSR count). The first-order chi connectivity index (χ1) is 14.5. The highest BCUT2D eigenvalue weighted by Crippen LogP contribution is 2.63. The molecule has 0 bridgehead atoms. The number of aryl methyl sites for hydroxylation is 2. The van der Waals surface area contributed by atoms with Crippen LogP contribution in [0.4, 0.5) is 0 Å². The molecule has 1 aromatic heterocycles. The van der Waals surface area contributed by atoms with Gasteiger partial charge in [0.1, 0.15) is 5.75 Å². The van der Waals surface area contributed by atoms with Gasteiger partial charge in [-0.2, -0.15) is 10.2 Å². The van der Waals surface area contributed by atoms with Crippen LogP contribution in [0.25, 0.3) is 5.57 Å². The number of nitrogens with zero attached hydrogens (tertiary/aromatic N) is 2. The average Bonchev–Trinajstić information content (AvgIpc) is 3.09. The van der Waals surface area contributed by atoms with E-state index in [2.05, 4.69) is 41.4 Å². The molecule has 1 heterocycles.